The summed E-state index contributed by atoms with van der Waals surface area (Å²) >= 11 is 0. The van der Waals surface area contributed by atoms with Gasteiger partial charge in [0.25, 0.3) is 0 Å². The van der Waals surface area contributed by atoms with Crippen LogP contribution in [0.1, 0.15) is 59.2 Å². The molecule has 0 N–H and O–H groups in total. The van der Waals surface area contributed by atoms with Crippen molar-refractivity contribution in [1.82, 2.24) is 14.5 Å². The number of rotatable bonds is 4. The van der Waals surface area contributed by atoms with Crippen molar-refractivity contribution in [2.75, 3.05) is 0 Å². The quantitative estimate of drug-likeness (QED) is 0.498. The van der Waals surface area contributed by atoms with Crippen LogP contribution in [0.2, 0.25) is 0 Å². The summed E-state index contributed by atoms with van der Waals surface area (Å²) in [5, 5.41) is 0. The average Bonchev–Trinajstić information content (AvgIpc) is 3.08. The second kappa shape index (κ2) is 8.01. The molecule has 0 spiro atoms. The Morgan fingerprint density at radius 3 is 2.39 bits per heavy atom. The topological polar surface area (TPSA) is 64.8 Å². The summed E-state index contributed by atoms with van der Waals surface area (Å²) in [6.45, 7) is 9.61. The highest BCUT2D eigenvalue weighted by Crippen LogP contribution is 2.34. The minimum atomic E-state index is -3.85. The lowest BCUT2D eigenvalue weighted by atomic mass is 9.83. The molecule has 0 unspecified atom stereocenters. The monoisotopic (exact) mass is 443 g/mol. The molecule has 166 valence electrons. The zero-order valence-electron chi connectivity index (χ0n) is 18.6. The summed E-state index contributed by atoms with van der Waals surface area (Å²) in [7, 11) is -3.85. The van der Waals surface area contributed by atoms with Crippen molar-refractivity contribution in [2.45, 2.75) is 75.1 Å². The van der Waals surface area contributed by atoms with E-state index < -0.39 is 15.8 Å². The van der Waals surface area contributed by atoms with E-state index in [1.807, 2.05) is 6.07 Å². The number of hydrogen-bond acceptors (Lipinski definition) is 4. The molecule has 0 atom stereocenters. The molecule has 1 aromatic carbocycles. The van der Waals surface area contributed by atoms with Crippen LogP contribution in [-0.4, -0.2) is 23.0 Å². The Hall–Kier alpha value is -2.28. The van der Waals surface area contributed by atoms with Crippen LogP contribution in [0, 0.1) is 17.8 Å². The predicted molar refractivity (Wildman–Crippen MR) is 119 cm³/mol. The van der Waals surface area contributed by atoms with Crippen LogP contribution in [0.25, 0.3) is 11.0 Å². The van der Waals surface area contributed by atoms with Crippen LogP contribution < -0.4 is 0 Å². The molecule has 31 heavy (non-hydrogen) atoms. The molecule has 0 amide bonds. The van der Waals surface area contributed by atoms with Crippen molar-refractivity contribution in [3.63, 3.8) is 0 Å². The minimum absolute atomic E-state index is 0.105. The Labute approximate surface area is 183 Å². The van der Waals surface area contributed by atoms with Gasteiger partial charge in [-0.15, -0.1) is 0 Å². The third kappa shape index (κ3) is 4.38. The van der Waals surface area contributed by atoms with Gasteiger partial charge >= 0.3 is 0 Å². The van der Waals surface area contributed by atoms with Gasteiger partial charge in [0, 0.05) is 24.2 Å². The van der Waals surface area contributed by atoms with E-state index in [9.17, 15) is 12.8 Å². The number of benzene rings is 1. The average molecular weight is 444 g/mol. The molecule has 2 aromatic heterocycles. The largest absolute Gasteiger partial charge is 0.327 e. The molecule has 4 rings (SSSR count). The molecule has 1 aliphatic carbocycles. The summed E-state index contributed by atoms with van der Waals surface area (Å²) in [5.74, 6) is 1.55. The van der Waals surface area contributed by atoms with Crippen LogP contribution in [0.15, 0.2) is 46.3 Å². The summed E-state index contributed by atoms with van der Waals surface area (Å²) in [5.41, 5.74) is 1.43. The van der Waals surface area contributed by atoms with E-state index in [1.165, 1.54) is 31.7 Å². The molecular weight excluding hydrogens is 413 g/mol. The van der Waals surface area contributed by atoms with E-state index in [1.54, 1.807) is 12.1 Å². The van der Waals surface area contributed by atoms with Gasteiger partial charge in [-0.25, -0.2) is 18.4 Å². The molecule has 7 heteroatoms. The van der Waals surface area contributed by atoms with E-state index >= 15 is 0 Å². The Bertz CT molecular complexity index is 1200. The second-order valence-corrected chi connectivity index (χ2v) is 11.8. The highest BCUT2D eigenvalue weighted by atomic mass is 32.2. The van der Waals surface area contributed by atoms with E-state index in [0.29, 0.717) is 11.4 Å². The van der Waals surface area contributed by atoms with Gasteiger partial charge in [-0.3, -0.25) is 0 Å². The zero-order valence-corrected chi connectivity index (χ0v) is 19.4. The smallest absolute Gasteiger partial charge is 0.214 e. The van der Waals surface area contributed by atoms with Gasteiger partial charge in [0.05, 0.1) is 20.8 Å². The predicted octanol–water partition coefficient (Wildman–Crippen LogP) is 5.53. The molecule has 1 fully saturated rings. The van der Waals surface area contributed by atoms with Crippen LogP contribution in [-0.2, 0) is 21.8 Å². The Morgan fingerprint density at radius 1 is 1.06 bits per heavy atom. The van der Waals surface area contributed by atoms with Crippen LogP contribution >= 0.6 is 0 Å². The molecule has 2 heterocycles. The summed E-state index contributed by atoms with van der Waals surface area (Å²) < 4.78 is 41.9. The Balaban J connectivity index is 1.77. The third-order valence-electron chi connectivity index (χ3n) is 6.29. The van der Waals surface area contributed by atoms with Gasteiger partial charge in [0.2, 0.25) is 15.8 Å². The second-order valence-electron chi connectivity index (χ2n) is 9.89. The number of imidazole rings is 1. The first-order chi connectivity index (χ1) is 14.6. The maximum Gasteiger partial charge on any atom is 0.214 e. The van der Waals surface area contributed by atoms with Crippen molar-refractivity contribution < 1.29 is 12.8 Å². The van der Waals surface area contributed by atoms with Crippen LogP contribution in [0.3, 0.4) is 0 Å². The number of aromatic nitrogens is 3. The van der Waals surface area contributed by atoms with Crippen LogP contribution in [0.5, 0.6) is 0 Å². The van der Waals surface area contributed by atoms with Crippen molar-refractivity contribution in [3.8, 4) is 0 Å². The van der Waals surface area contributed by atoms with E-state index in [0.717, 1.165) is 36.1 Å². The van der Waals surface area contributed by atoms with E-state index in [-0.39, 0.29) is 15.2 Å². The Kier molecular flexibility index (Phi) is 5.66. The molecule has 0 saturated heterocycles. The first kappa shape index (κ1) is 21.9. The van der Waals surface area contributed by atoms with Gasteiger partial charge < -0.3 is 4.57 Å². The summed E-state index contributed by atoms with van der Waals surface area (Å²) in [6, 6.07) is 7.31. The molecular formula is C24H30FN3O2S. The standard InChI is InChI=1S/C24H30FN3O2S/c1-16-5-7-17(8-6-16)15-28-21-10-9-18(13-20(21)27-23(28)24(2,3)4)31(29,30)19-11-12-26-22(25)14-19/h9-14,16-17H,5-8,15H2,1-4H3. The lowest BCUT2D eigenvalue weighted by Gasteiger charge is -2.28. The molecule has 0 radical (unpaired) electrons. The SMILES string of the molecule is CC1CCC(Cn2c(C(C)(C)C)nc3cc(S(=O)(=O)c4ccnc(F)c4)ccc32)CC1. The van der Waals surface area contributed by atoms with Crippen molar-refractivity contribution in [1.29, 1.82) is 0 Å². The number of halogens is 1. The number of hydrogen-bond donors (Lipinski definition) is 0. The summed E-state index contributed by atoms with van der Waals surface area (Å²) in [4.78, 5) is 8.32. The first-order valence-corrected chi connectivity index (χ1v) is 12.4. The lowest BCUT2D eigenvalue weighted by molar-refractivity contribution is 0.262. The molecule has 3 aromatic rings. The maximum atomic E-state index is 13.5. The van der Waals surface area contributed by atoms with Gasteiger partial charge in [-0.05, 0) is 48.9 Å². The Morgan fingerprint density at radius 2 is 1.74 bits per heavy atom. The molecule has 5 nitrogen and oxygen atoms in total. The number of pyridine rings is 1. The van der Waals surface area contributed by atoms with Crippen molar-refractivity contribution >= 4 is 20.9 Å². The van der Waals surface area contributed by atoms with Crippen LogP contribution in [0.4, 0.5) is 4.39 Å². The third-order valence-corrected chi connectivity index (χ3v) is 8.03. The fraction of sp³-hybridized carbons (Fsp3) is 0.500. The van der Waals surface area contributed by atoms with Crippen molar-refractivity contribution in [2.24, 2.45) is 11.8 Å². The lowest BCUT2D eigenvalue weighted by Crippen LogP contribution is -2.23. The minimum Gasteiger partial charge on any atom is -0.327 e. The normalized spacial score (nSPS) is 20.3. The maximum absolute atomic E-state index is 13.5. The highest BCUT2D eigenvalue weighted by molar-refractivity contribution is 7.91. The molecule has 0 bridgehead atoms. The number of fused-ring (bicyclic) bond motifs is 1. The van der Waals surface area contributed by atoms with Gasteiger partial charge in [0.1, 0.15) is 5.82 Å². The fourth-order valence-electron chi connectivity index (χ4n) is 4.49. The highest BCUT2D eigenvalue weighted by Gasteiger charge is 2.27. The van der Waals surface area contributed by atoms with E-state index in [4.69, 9.17) is 4.98 Å². The molecule has 1 aliphatic rings. The van der Waals surface area contributed by atoms with Gasteiger partial charge in [-0.1, -0.05) is 40.5 Å². The number of sulfone groups is 1. The number of nitrogens with zero attached hydrogens (tertiary/aromatic N) is 3. The van der Waals surface area contributed by atoms with E-state index in [2.05, 4.69) is 37.2 Å². The van der Waals surface area contributed by atoms with Gasteiger partial charge in [-0.2, -0.15) is 4.39 Å². The summed E-state index contributed by atoms with van der Waals surface area (Å²) in [6.07, 6.45) is 6.10. The molecule has 1 saturated carbocycles. The fourth-order valence-corrected chi connectivity index (χ4v) is 5.77. The molecule has 0 aliphatic heterocycles. The van der Waals surface area contributed by atoms with Crippen molar-refractivity contribution in [3.05, 3.63) is 48.3 Å². The first-order valence-electron chi connectivity index (χ1n) is 10.9. The van der Waals surface area contributed by atoms with Gasteiger partial charge in [0.15, 0.2) is 0 Å². The zero-order chi connectivity index (χ0) is 22.4.